The molecule has 0 aliphatic rings. The number of anilines is 1. The second-order valence-corrected chi connectivity index (χ2v) is 5.68. The number of nitrogen functional groups attached to an aromatic ring is 1. The van der Waals surface area contributed by atoms with Crippen molar-refractivity contribution >= 4 is 21.7 Å². The van der Waals surface area contributed by atoms with Crippen molar-refractivity contribution < 1.29 is 17.9 Å². The molecule has 1 aromatic rings. The van der Waals surface area contributed by atoms with Gasteiger partial charge in [0.25, 0.3) is 0 Å². The Morgan fingerprint density at radius 1 is 1.44 bits per heavy atom. The molecule has 0 amide bonds. The first kappa shape index (κ1) is 14.5. The molecule has 1 rings (SSSR count). The van der Waals surface area contributed by atoms with Gasteiger partial charge in [0, 0.05) is 19.3 Å². The smallest absolute Gasteiger partial charge is 0.339 e. The molecule has 7 heteroatoms. The van der Waals surface area contributed by atoms with Gasteiger partial charge in [-0.2, -0.15) is 0 Å². The molecule has 0 saturated heterocycles. The van der Waals surface area contributed by atoms with Crippen LogP contribution in [0.1, 0.15) is 17.3 Å². The van der Waals surface area contributed by atoms with Crippen molar-refractivity contribution in [3.63, 3.8) is 0 Å². The topological polar surface area (TPSA) is 89.7 Å². The third-order valence-electron chi connectivity index (χ3n) is 2.54. The van der Waals surface area contributed by atoms with E-state index in [-0.39, 0.29) is 10.5 Å². The van der Waals surface area contributed by atoms with E-state index in [2.05, 4.69) is 4.74 Å². The number of methoxy groups -OCH3 is 1. The maximum atomic E-state index is 12.2. The summed E-state index contributed by atoms with van der Waals surface area (Å²) in [5, 5.41) is 0. The summed E-state index contributed by atoms with van der Waals surface area (Å²) in [6, 6.07) is 4.04. The number of benzene rings is 1. The Morgan fingerprint density at radius 3 is 2.56 bits per heavy atom. The molecule has 0 heterocycles. The first-order valence-corrected chi connectivity index (χ1v) is 6.72. The lowest BCUT2D eigenvalue weighted by Gasteiger charge is -2.17. The molecule has 6 nitrogen and oxygen atoms in total. The van der Waals surface area contributed by atoms with Gasteiger partial charge < -0.3 is 10.5 Å². The van der Waals surface area contributed by atoms with Gasteiger partial charge in [-0.1, -0.05) is 6.92 Å². The Morgan fingerprint density at radius 2 is 2.06 bits per heavy atom. The largest absolute Gasteiger partial charge is 0.465 e. The second kappa shape index (κ2) is 5.36. The SMILES string of the molecule is CCN(C)S(=O)(=O)c1ccc(N)cc1C(=O)OC. The minimum atomic E-state index is -3.71. The molecule has 2 N–H and O–H groups in total. The number of nitrogens with two attached hydrogens (primary N) is 1. The van der Waals surface area contributed by atoms with E-state index in [9.17, 15) is 13.2 Å². The number of rotatable bonds is 4. The van der Waals surface area contributed by atoms with Crippen LogP contribution in [0, 0.1) is 0 Å². The minimum Gasteiger partial charge on any atom is -0.465 e. The van der Waals surface area contributed by atoms with Crippen LogP contribution in [0.5, 0.6) is 0 Å². The fraction of sp³-hybridized carbons (Fsp3) is 0.364. The molecule has 0 aliphatic carbocycles. The Labute approximate surface area is 106 Å². The molecule has 0 spiro atoms. The van der Waals surface area contributed by atoms with Gasteiger partial charge in [0.15, 0.2) is 0 Å². The number of hydrogen-bond donors (Lipinski definition) is 1. The van der Waals surface area contributed by atoms with Crippen LogP contribution in [0.2, 0.25) is 0 Å². The minimum absolute atomic E-state index is 0.0576. The van der Waals surface area contributed by atoms with E-state index in [1.54, 1.807) is 6.92 Å². The quantitative estimate of drug-likeness (QED) is 0.643. The maximum absolute atomic E-state index is 12.2. The van der Waals surface area contributed by atoms with Gasteiger partial charge in [0.2, 0.25) is 10.0 Å². The number of nitrogens with zero attached hydrogens (tertiary/aromatic N) is 1. The summed E-state index contributed by atoms with van der Waals surface area (Å²) in [6.45, 7) is 2.00. The van der Waals surface area contributed by atoms with Crippen molar-refractivity contribution in [2.24, 2.45) is 0 Å². The average Bonchev–Trinajstić information content (AvgIpc) is 2.36. The van der Waals surface area contributed by atoms with Gasteiger partial charge in [-0.3, -0.25) is 0 Å². The first-order valence-electron chi connectivity index (χ1n) is 5.28. The highest BCUT2D eigenvalue weighted by Gasteiger charge is 2.26. The predicted octanol–water partition coefficient (Wildman–Crippen LogP) is 0.696. The third kappa shape index (κ3) is 2.62. The second-order valence-electron chi connectivity index (χ2n) is 3.67. The van der Waals surface area contributed by atoms with Gasteiger partial charge in [-0.25, -0.2) is 17.5 Å². The summed E-state index contributed by atoms with van der Waals surface area (Å²) in [5.41, 5.74) is 5.80. The number of esters is 1. The highest BCUT2D eigenvalue weighted by atomic mass is 32.2. The molecular weight excluding hydrogens is 256 g/mol. The van der Waals surface area contributed by atoms with Crippen LogP contribution in [-0.4, -0.2) is 39.4 Å². The van der Waals surface area contributed by atoms with E-state index in [0.717, 1.165) is 4.31 Å². The van der Waals surface area contributed by atoms with Crippen LogP contribution < -0.4 is 5.73 Å². The summed E-state index contributed by atoms with van der Waals surface area (Å²) >= 11 is 0. The van der Waals surface area contributed by atoms with Gasteiger partial charge in [-0.15, -0.1) is 0 Å². The number of hydrogen-bond acceptors (Lipinski definition) is 5. The normalized spacial score (nSPS) is 11.6. The van der Waals surface area contributed by atoms with Gasteiger partial charge in [0.1, 0.15) is 0 Å². The van der Waals surface area contributed by atoms with E-state index in [1.807, 2.05) is 0 Å². The number of sulfonamides is 1. The van der Waals surface area contributed by atoms with E-state index in [1.165, 1.54) is 32.4 Å². The van der Waals surface area contributed by atoms with Crippen LogP contribution >= 0.6 is 0 Å². The van der Waals surface area contributed by atoms with Crippen molar-refractivity contribution in [2.45, 2.75) is 11.8 Å². The fourth-order valence-electron chi connectivity index (χ4n) is 1.38. The lowest BCUT2D eigenvalue weighted by atomic mass is 10.2. The molecule has 0 aliphatic heterocycles. The zero-order valence-electron chi connectivity index (χ0n) is 10.5. The Bertz CT molecular complexity index is 554. The zero-order chi connectivity index (χ0) is 13.9. The van der Waals surface area contributed by atoms with Crippen molar-refractivity contribution in [3.05, 3.63) is 23.8 Å². The number of ether oxygens (including phenoxy) is 1. The lowest BCUT2D eigenvalue weighted by Crippen LogP contribution is -2.28. The zero-order valence-corrected chi connectivity index (χ0v) is 11.3. The van der Waals surface area contributed by atoms with Crippen molar-refractivity contribution in [2.75, 3.05) is 26.4 Å². The van der Waals surface area contributed by atoms with Gasteiger partial charge in [-0.05, 0) is 18.2 Å². The summed E-state index contributed by atoms with van der Waals surface area (Å²) in [5.74, 6) is -0.731. The Balaban J connectivity index is 3.46. The molecule has 1 aromatic carbocycles. The fourth-order valence-corrected chi connectivity index (χ4v) is 2.72. The number of carbonyl (C=O) groups is 1. The van der Waals surface area contributed by atoms with Crippen LogP contribution in [0.3, 0.4) is 0 Å². The van der Waals surface area contributed by atoms with Crippen molar-refractivity contribution in [3.8, 4) is 0 Å². The summed E-state index contributed by atoms with van der Waals surface area (Å²) in [7, 11) is -1.09. The Kier molecular flexibility index (Phi) is 4.31. The van der Waals surface area contributed by atoms with E-state index >= 15 is 0 Å². The molecule has 0 unspecified atom stereocenters. The average molecular weight is 272 g/mol. The van der Waals surface area contributed by atoms with E-state index in [4.69, 9.17) is 5.73 Å². The Hall–Kier alpha value is -1.60. The molecule has 0 bridgehead atoms. The highest BCUT2D eigenvalue weighted by molar-refractivity contribution is 7.89. The summed E-state index contributed by atoms with van der Waals surface area (Å²) in [6.07, 6.45) is 0. The van der Waals surface area contributed by atoms with Crippen LogP contribution in [-0.2, 0) is 14.8 Å². The predicted molar refractivity (Wildman–Crippen MR) is 67.7 cm³/mol. The molecular formula is C11H16N2O4S. The maximum Gasteiger partial charge on any atom is 0.339 e. The molecule has 100 valence electrons. The number of carbonyl (C=O) groups excluding carboxylic acids is 1. The monoisotopic (exact) mass is 272 g/mol. The van der Waals surface area contributed by atoms with Crippen LogP contribution in [0.15, 0.2) is 23.1 Å². The van der Waals surface area contributed by atoms with Crippen molar-refractivity contribution in [1.82, 2.24) is 4.31 Å². The summed E-state index contributed by atoms with van der Waals surface area (Å²) < 4.78 is 30.1. The standard InChI is InChI=1S/C11H16N2O4S/c1-4-13(2)18(15,16)10-6-5-8(12)7-9(10)11(14)17-3/h5-7H,4,12H2,1-3H3. The molecule has 0 radical (unpaired) electrons. The molecule has 0 fully saturated rings. The van der Waals surface area contributed by atoms with Crippen LogP contribution in [0.25, 0.3) is 0 Å². The molecule has 0 saturated carbocycles. The van der Waals surface area contributed by atoms with Crippen LogP contribution in [0.4, 0.5) is 5.69 Å². The molecule has 0 aromatic heterocycles. The van der Waals surface area contributed by atoms with E-state index in [0.29, 0.717) is 12.2 Å². The summed E-state index contributed by atoms with van der Waals surface area (Å²) in [4.78, 5) is 11.5. The highest BCUT2D eigenvalue weighted by Crippen LogP contribution is 2.22. The van der Waals surface area contributed by atoms with E-state index < -0.39 is 16.0 Å². The molecule has 18 heavy (non-hydrogen) atoms. The lowest BCUT2D eigenvalue weighted by molar-refractivity contribution is 0.0596. The van der Waals surface area contributed by atoms with Gasteiger partial charge in [0.05, 0.1) is 17.6 Å². The molecule has 0 atom stereocenters. The van der Waals surface area contributed by atoms with Crippen molar-refractivity contribution in [1.29, 1.82) is 0 Å². The third-order valence-corrected chi connectivity index (χ3v) is 4.53. The van der Waals surface area contributed by atoms with Gasteiger partial charge >= 0.3 is 5.97 Å². The first-order chi connectivity index (χ1) is 8.34.